The van der Waals surface area contributed by atoms with E-state index < -0.39 is 0 Å². The normalized spacial score (nSPS) is 10.8. The average Bonchev–Trinajstić information content (AvgIpc) is 3.29. The van der Waals surface area contributed by atoms with E-state index in [0.29, 0.717) is 34.7 Å². The number of benzene rings is 3. The number of halogens is 1. The van der Waals surface area contributed by atoms with E-state index in [1.165, 1.54) is 0 Å². The van der Waals surface area contributed by atoms with Crippen molar-refractivity contribution in [1.29, 1.82) is 0 Å². The summed E-state index contributed by atoms with van der Waals surface area (Å²) in [5, 5.41) is 8.89. The maximum Gasteiger partial charge on any atom is 0.253 e. The highest BCUT2D eigenvalue weighted by molar-refractivity contribution is 6.30. The van der Waals surface area contributed by atoms with Crippen LogP contribution in [-0.4, -0.2) is 35.2 Å². The van der Waals surface area contributed by atoms with Crippen LogP contribution in [0.4, 0.5) is 0 Å². The van der Waals surface area contributed by atoms with E-state index in [9.17, 15) is 4.79 Å². The second kappa shape index (κ2) is 9.24. The van der Waals surface area contributed by atoms with E-state index >= 15 is 0 Å². The summed E-state index contributed by atoms with van der Waals surface area (Å²) < 4.78 is 11.2. The van der Waals surface area contributed by atoms with E-state index in [2.05, 4.69) is 10.2 Å². The summed E-state index contributed by atoms with van der Waals surface area (Å²) in [4.78, 5) is 14.5. The standard InChI is InChI=1S/C25H22ClN3O3/c1-16-5-4-6-19(13-16)24-28-27-23(32-24)17-7-9-18(10-8-17)25(30)29(2)15-20-14-21(26)11-12-22(20)31-3/h4-14H,15H2,1-3H3. The second-order valence-corrected chi connectivity index (χ2v) is 7.91. The van der Waals surface area contributed by atoms with Crippen molar-refractivity contribution < 1.29 is 13.9 Å². The molecule has 0 unspecified atom stereocenters. The molecule has 0 aliphatic rings. The maximum absolute atomic E-state index is 12.9. The summed E-state index contributed by atoms with van der Waals surface area (Å²) >= 11 is 6.10. The van der Waals surface area contributed by atoms with E-state index in [0.717, 1.165) is 22.3 Å². The fourth-order valence-corrected chi connectivity index (χ4v) is 3.60. The Kier molecular flexibility index (Phi) is 6.23. The fraction of sp³-hybridized carbons (Fsp3) is 0.160. The van der Waals surface area contributed by atoms with E-state index in [1.54, 1.807) is 61.5 Å². The van der Waals surface area contributed by atoms with Crippen LogP contribution < -0.4 is 4.74 Å². The first-order chi connectivity index (χ1) is 15.4. The number of carbonyl (C=O) groups excluding carboxylic acids is 1. The van der Waals surface area contributed by atoms with Crippen LogP contribution in [0.25, 0.3) is 22.9 Å². The Morgan fingerprint density at radius 2 is 1.72 bits per heavy atom. The van der Waals surface area contributed by atoms with Gasteiger partial charge in [0.25, 0.3) is 5.91 Å². The van der Waals surface area contributed by atoms with Crippen molar-refractivity contribution in [2.75, 3.05) is 14.2 Å². The van der Waals surface area contributed by atoms with E-state index in [4.69, 9.17) is 20.8 Å². The summed E-state index contributed by atoms with van der Waals surface area (Å²) in [5.74, 6) is 1.42. The number of carbonyl (C=O) groups is 1. The molecule has 0 aliphatic carbocycles. The molecule has 0 aliphatic heterocycles. The zero-order chi connectivity index (χ0) is 22.7. The first-order valence-electron chi connectivity index (χ1n) is 10.0. The summed E-state index contributed by atoms with van der Waals surface area (Å²) in [7, 11) is 3.33. The first kappa shape index (κ1) is 21.6. The summed E-state index contributed by atoms with van der Waals surface area (Å²) in [6, 6.07) is 20.3. The van der Waals surface area contributed by atoms with Gasteiger partial charge in [0.1, 0.15) is 5.75 Å². The number of ether oxygens (including phenoxy) is 1. The number of rotatable bonds is 6. The van der Waals surface area contributed by atoms with E-state index in [-0.39, 0.29) is 5.91 Å². The molecule has 0 radical (unpaired) electrons. The van der Waals surface area contributed by atoms with Crippen molar-refractivity contribution in [1.82, 2.24) is 15.1 Å². The molecule has 7 heteroatoms. The van der Waals surface area contributed by atoms with Gasteiger partial charge in [-0.25, -0.2) is 0 Å². The predicted octanol–water partition coefficient (Wildman–Crippen LogP) is 5.65. The highest BCUT2D eigenvalue weighted by Crippen LogP contribution is 2.26. The van der Waals surface area contributed by atoms with Crippen LogP contribution >= 0.6 is 11.6 Å². The van der Waals surface area contributed by atoms with Gasteiger partial charge in [0.15, 0.2) is 0 Å². The Morgan fingerprint density at radius 3 is 2.41 bits per heavy atom. The van der Waals surface area contributed by atoms with Gasteiger partial charge in [-0.3, -0.25) is 4.79 Å². The molecule has 1 aromatic heterocycles. The van der Waals surface area contributed by atoms with Gasteiger partial charge in [-0.2, -0.15) is 0 Å². The molecule has 162 valence electrons. The molecule has 4 aromatic rings. The number of aromatic nitrogens is 2. The Bertz CT molecular complexity index is 1250. The predicted molar refractivity (Wildman–Crippen MR) is 124 cm³/mol. The zero-order valence-electron chi connectivity index (χ0n) is 18.0. The number of methoxy groups -OCH3 is 1. The van der Waals surface area contributed by atoms with Gasteiger partial charge in [0, 0.05) is 40.9 Å². The monoisotopic (exact) mass is 447 g/mol. The topological polar surface area (TPSA) is 68.5 Å². The SMILES string of the molecule is COc1ccc(Cl)cc1CN(C)C(=O)c1ccc(-c2nnc(-c3cccc(C)c3)o2)cc1. The second-order valence-electron chi connectivity index (χ2n) is 7.48. The Hall–Kier alpha value is -3.64. The van der Waals surface area contributed by atoms with Gasteiger partial charge in [-0.1, -0.05) is 29.3 Å². The largest absolute Gasteiger partial charge is 0.496 e. The molecule has 3 aromatic carbocycles. The number of hydrogen-bond acceptors (Lipinski definition) is 5. The Morgan fingerprint density at radius 1 is 1.00 bits per heavy atom. The van der Waals surface area contributed by atoms with Crippen LogP contribution in [0.3, 0.4) is 0 Å². The van der Waals surface area contributed by atoms with Gasteiger partial charge in [-0.15, -0.1) is 10.2 Å². The van der Waals surface area contributed by atoms with Gasteiger partial charge >= 0.3 is 0 Å². The van der Waals surface area contributed by atoms with Gasteiger partial charge in [0.05, 0.1) is 7.11 Å². The van der Waals surface area contributed by atoms with Crippen molar-refractivity contribution in [2.45, 2.75) is 13.5 Å². The molecule has 4 rings (SSSR count). The third-order valence-electron chi connectivity index (χ3n) is 5.07. The van der Waals surface area contributed by atoms with Crippen LogP contribution in [-0.2, 0) is 6.54 Å². The number of aryl methyl sites for hydroxylation is 1. The lowest BCUT2D eigenvalue weighted by Crippen LogP contribution is -2.26. The van der Waals surface area contributed by atoms with Crippen molar-refractivity contribution in [3.05, 3.63) is 88.4 Å². The van der Waals surface area contributed by atoms with Crippen molar-refractivity contribution >= 4 is 17.5 Å². The van der Waals surface area contributed by atoms with Crippen LogP contribution in [0.5, 0.6) is 5.75 Å². The molecule has 0 N–H and O–H groups in total. The minimum absolute atomic E-state index is 0.121. The molecule has 1 heterocycles. The van der Waals surface area contributed by atoms with E-state index in [1.807, 2.05) is 31.2 Å². The highest BCUT2D eigenvalue weighted by atomic mass is 35.5. The van der Waals surface area contributed by atoms with Crippen LogP contribution in [0, 0.1) is 6.92 Å². The lowest BCUT2D eigenvalue weighted by Gasteiger charge is -2.19. The third-order valence-corrected chi connectivity index (χ3v) is 5.30. The molecule has 1 amide bonds. The molecule has 32 heavy (non-hydrogen) atoms. The minimum Gasteiger partial charge on any atom is -0.496 e. The number of amides is 1. The third kappa shape index (κ3) is 4.65. The van der Waals surface area contributed by atoms with Crippen molar-refractivity contribution in [2.24, 2.45) is 0 Å². The smallest absolute Gasteiger partial charge is 0.253 e. The maximum atomic E-state index is 12.9. The zero-order valence-corrected chi connectivity index (χ0v) is 18.8. The molecule has 0 atom stereocenters. The summed E-state index contributed by atoms with van der Waals surface area (Å²) in [6.45, 7) is 2.38. The molecule has 0 fully saturated rings. The number of hydrogen-bond donors (Lipinski definition) is 0. The van der Waals surface area contributed by atoms with Crippen LogP contribution in [0.1, 0.15) is 21.5 Å². The van der Waals surface area contributed by atoms with Gasteiger partial charge in [0.2, 0.25) is 11.8 Å². The van der Waals surface area contributed by atoms with Crippen LogP contribution in [0.15, 0.2) is 71.1 Å². The highest BCUT2D eigenvalue weighted by Gasteiger charge is 2.16. The summed E-state index contributed by atoms with van der Waals surface area (Å²) in [5.41, 5.74) is 4.11. The molecule has 0 saturated heterocycles. The Balaban J connectivity index is 1.49. The lowest BCUT2D eigenvalue weighted by molar-refractivity contribution is 0.0784. The van der Waals surface area contributed by atoms with Gasteiger partial charge < -0.3 is 14.1 Å². The molecule has 0 saturated carbocycles. The van der Waals surface area contributed by atoms with Gasteiger partial charge in [-0.05, 0) is 61.5 Å². The fourth-order valence-electron chi connectivity index (χ4n) is 3.41. The number of nitrogens with zero attached hydrogens (tertiary/aromatic N) is 3. The van der Waals surface area contributed by atoms with Crippen LogP contribution in [0.2, 0.25) is 5.02 Å². The Labute approximate surface area is 191 Å². The quantitative estimate of drug-likeness (QED) is 0.382. The van der Waals surface area contributed by atoms with Crippen molar-refractivity contribution in [3.8, 4) is 28.7 Å². The molecule has 0 bridgehead atoms. The molecular weight excluding hydrogens is 426 g/mol. The molecular formula is C25H22ClN3O3. The first-order valence-corrected chi connectivity index (χ1v) is 10.4. The summed E-state index contributed by atoms with van der Waals surface area (Å²) in [6.07, 6.45) is 0. The van der Waals surface area contributed by atoms with Crippen molar-refractivity contribution in [3.63, 3.8) is 0 Å². The average molecular weight is 448 g/mol. The lowest BCUT2D eigenvalue weighted by atomic mass is 10.1. The molecule has 6 nitrogen and oxygen atoms in total. The minimum atomic E-state index is -0.121. The molecule has 0 spiro atoms.